The van der Waals surface area contributed by atoms with Crippen LogP contribution in [0.15, 0.2) is 42.6 Å². The Bertz CT molecular complexity index is 553. The average Bonchev–Trinajstić information content (AvgIpc) is 2.42. The van der Waals surface area contributed by atoms with Gasteiger partial charge in [-0.25, -0.2) is 4.98 Å². The number of carbonyl (C=O) groups excluding carboxylic acids is 1. The summed E-state index contributed by atoms with van der Waals surface area (Å²) >= 11 is 2.17. The normalized spacial score (nSPS) is 10.0. The Kier molecular flexibility index (Phi) is 4.73. The quantitative estimate of drug-likeness (QED) is 0.845. The first-order chi connectivity index (χ1) is 9.17. The molecule has 0 spiro atoms. The molecule has 1 heterocycles. The molecule has 0 saturated carbocycles. The molecule has 4 nitrogen and oxygen atoms in total. The lowest BCUT2D eigenvalue weighted by molar-refractivity contribution is -0.115. The van der Waals surface area contributed by atoms with Gasteiger partial charge < -0.3 is 10.1 Å². The summed E-state index contributed by atoms with van der Waals surface area (Å²) in [6.07, 6.45) is 2.03. The summed E-state index contributed by atoms with van der Waals surface area (Å²) in [7, 11) is 1.62. The number of aromatic nitrogens is 1. The molecule has 0 aliphatic carbocycles. The number of anilines is 1. The van der Waals surface area contributed by atoms with Crippen LogP contribution in [0, 0.1) is 3.57 Å². The van der Waals surface area contributed by atoms with Gasteiger partial charge >= 0.3 is 0 Å². The zero-order chi connectivity index (χ0) is 13.7. The Morgan fingerprint density at radius 2 is 2.00 bits per heavy atom. The van der Waals surface area contributed by atoms with Crippen LogP contribution >= 0.6 is 22.6 Å². The van der Waals surface area contributed by atoms with E-state index in [1.54, 1.807) is 19.4 Å². The minimum atomic E-state index is -0.0844. The van der Waals surface area contributed by atoms with Crippen molar-refractivity contribution in [3.05, 3.63) is 51.7 Å². The molecule has 0 aliphatic heterocycles. The van der Waals surface area contributed by atoms with Gasteiger partial charge in [-0.05, 0) is 52.4 Å². The maximum atomic E-state index is 11.8. The number of benzene rings is 1. The van der Waals surface area contributed by atoms with Crippen LogP contribution in [0.4, 0.5) is 5.82 Å². The van der Waals surface area contributed by atoms with Gasteiger partial charge in [0, 0.05) is 9.77 Å². The van der Waals surface area contributed by atoms with Crippen molar-refractivity contribution in [3.63, 3.8) is 0 Å². The maximum Gasteiger partial charge on any atom is 0.229 e. The third-order valence-electron chi connectivity index (χ3n) is 2.52. The van der Waals surface area contributed by atoms with Crippen molar-refractivity contribution in [2.45, 2.75) is 6.42 Å². The first kappa shape index (κ1) is 13.8. The summed E-state index contributed by atoms with van der Waals surface area (Å²) in [5.41, 5.74) is 0.934. The van der Waals surface area contributed by atoms with E-state index in [9.17, 15) is 4.79 Å². The smallest absolute Gasteiger partial charge is 0.229 e. The lowest BCUT2D eigenvalue weighted by Gasteiger charge is -2.05. The lowest BCUT2D eigenvalue weighted by Crippen LogP contribution is -2.15. The van der Waals surface area contributed by atoms with Gasteiger partial charge in [0.15, 0.2) is 0 Å². The molecule has 0 fully saturated rings. The number of hydrogen-bond acceptors (Lipinski definition) is 3. The summed E-state index contributed by atoms with van der Waals surface area (Å²) in [5.74, 6) is 1.27. The van der Waals surface area contributed by atoms with Crippen molar-refractivity contribution in [2.75, 3.05) is 12.4 Å². The second kappa shape index (κ2) is 6.51. The number of ether oxygens (including phenoxy) is 1. The minimum Gasteiger partial charge on any atom is -0.497 e. The summed E-state index contributed by atoms with van der Waals surface area (Å²) in [6, 6.07) is 11.1. The van der Waals surface area contributed by atoms with Crippen LogP contribution < -0.4 is 10.1 Å². The van der Waals surface area contributed by atoms with Gasteiger partial charge in [0.05, 0.1) is 13.5 Å². The fourth-order valence-corrected chi connectivity index (χ4v) is 1.88. The molecule has 0 bridgehead atoms. The zero-order valence-corrected chi connectivity index (χ0v) is 12.5. The van der Waals surface area contributed by atoms with Gasteiger partial charge in [0.25, 0.3) is 0 Å². The highest BCUT2D eigenvalue weighted by Gasteiger charge is 2.05. The minimum absolute atomic E-state index is 0.0844. The number of methoxy groups -OCH3 is 1. The fraction of sp³-hybridized carbons (Fsp3) is 0.143. The third kappa shape index (κ3) is 4.20. The molecule has 0 unspecified atom stereocenters. The number of amides is 1. The predicted molar refractivity (Wildman–Crippen MR) is 82.3 cm³/mol. The molecule has 19 heavy (non-hydrogen) atoms. The molecule has 98 valence electrons. The van der Waals surface area contributed by atoms with E-state index in [0.29, 0.717) is 12.2 Å². The molecule has 1 N–H and O–H groups in total. The fourth-order valence-electron chi connectivity index (χ4n) is 1.57. The molecule has 0 atom stereocenters. The van der Waals surface area contributed by atoms with Crippen molar-refractivity contribution in [2.24, 2.45) is 0 Å². The van der Waals surface area contributed by atoms with Crippen LogP contribution in [0.3, 0.4) is 0 Å². The van der Waals surface area contributed by atoms with E-state index in [2.05, 4.69) is 32.9 Å². The maximum absolute atomic E-state index is 11.8. The number of pyridine rings is 1. The standard InChI is InChI=1S/C14H13IN2O2/c1-19-12-5-2-10(3-6-12)8-14(18)17-13-7-4-11(15)9-16-13/h2-7,9H,8H2,1H3,(H,16,17,18). The highest BCUT2D eigenvalue weighted by Crippen LogP contribution is 2.12. The molecule has 1 amide bonds. The number of halogens is 1. The largest absolute Gasteiger partial charge is 0.497 e. The molecule has 1 aromatic heterocycles. The third-order valence-corrected chi connectivity index (χ3v) is 3.16. The number of hydrogen-bond donors (Lipinski definition) is 1. The van der Waals surface area contributed by atoms with Crippen LogP contribution in [0.1, 0.15) is 5.56 Å². The van der Waals surface area contributed by atoms with Gasteiger partial charge in [0.1, 0.15) is 11.6 Å². The van der Waals surface area contributed by atoms with Crippen molar-refractivity contribution in [1.82, 2.24) is 4.98 Å². The van der Waals surface area contributed by atoms with Crippen LogP contribution in [-0.4, -0.2) is 18.0 Å². The topological polar surface area (TPSA) is 51.2 Å². The van der Waals surface area contributed by atoms with E-state index < -0.39 is 0 Å². The Balaban J connectivity index is 1.95. The van der Waals surface area contributed by atoms with E-state index in [0.717, 1.165) is 14.9 Å². The molecule has 2 aromatic rings. The second-order valence-corrected chi connectivity index (χ2v) is 5.18. The lowest BCUT2D eigenvalue weighted by atomic mass is 10.1. The monoisotopic (exact) mass is 368 g/mol. The SMILES string of the molecule is COc1ccc(CC(=O)Nc2ccc(I)cn2)cc1. The highest BCUT2D eigenvalue weighted by atomic mass is 127. The molecular weight excluding hydrogens is 355 g/mol. The average molecular weight is 368 g/mol. The van der Waals surface area contributed by atoms with Gasteiger partial charge in [-0.1, -0.05) is 12.1 Å². The highest BCUT2D eigenvalue weighted by molar-refractivity contribution is 14.1. The predicted octanol–water partition coefficient (Wildman–Crippen LogP) is 2.88. The Morgan fingerprint density at radius 1 is 1.26 bits per heavy atom. The Labute approximate surface area is 125 Å². The van der Waals surface area contributed by atoms with E-state index in [1.807, 2.05) is 30.3 Å². The van der Waals surface area contributed by atoms with Crippen molar-refractivity contribution in [3.8, 4) is 5.75 Å². The second-order valence-electron chi connectivity index (χ2n) is 3.93. The first-order valence-corrected chi connectivity index (χ1v) is 6.79. The van der Waals surface area contributed by atoms with Crippen LogP contribution in [-0.2, 0) is 11.2 Å². The molecule has 0 radical (unpaired) electrons. The molecule has 1 aromatic carbocycles. The van der Waals surface area contributed by atoms with E-state index >= 15 is 0 Å². The summed E-state index contributed by atoms with van der Waals surface area (Å²) in [5, 5.41) is 2.76. The number of rotatable bonds is 4. The Morgan fingerprint density at radius 3 is 2.58 bits per heavy atom. The van der Waals surface area contributed by atoms with Gasteiger partial charge in [-0.15, -0.1) is 0 Å². The van der Waals surface area contributed by atoms with Crippen molar-refractivity contribution in [1.29, 1.82) is 0 Å². The van der Waals surface area contributed by atoms with E-state index in [1.165, 1.54) is 0 Å². The first-order valence-electron chi connectivity index (χ1n) is 5.72. The molecule has 0 aliphatic rings. The molecule has 5 heteroatoms. The molecular formula is C14H13IN2O2. The van der Waals surface area contributed by atoms with Gasteiger partial charge in [-0.2, -0.15) is 0 Å². The number of carbonyl (C=O) groups is 1. The Hall–Kier alpha value is -1.63. The van der Waals surface area contributed by atoms with Crippen molar-refractivity contribution >= 4 is 34.3 Å². The number of nitrogens with zero attached hydrogens (tertiary/aromatic N) is 1. The summed E-state index contributed by atoms with van der Waals surface area (Å²) < 4.78 is 6.10. The molecule has 2 rings (SSSR count). The van der Waals surface area contributed by atoms with Crippen LogP contribution in [0.2, 0.25) is 0 Å². The van der Waals surface area contributed by atoms with Crippen LogP contribution in [0.25, 0.3) is 0 Å². The molecule has 0 saturated heterocycles. The van der Waals surface area contributed by atoms with E-state index in [-0.39, 0.29) is 5.91 Å². The summed E-state index contributed by atoms with van der Waals surface area (Å²) in [6.45, 7) is 0. The van der Waals surface area contributed by atoms with Crippen LogP contribution in [0.5, 0.6) is 5.75 Å². The van der Waals surface area contributed by atoms with E-state index in [4.69, 9.17) is 4.74 Å². The zero-order valence-electron chi connectivity index (χ0n) is 10.4. The summed E-state index contributed by atoms with van der Waals surface area (Å²) in [4.78, 5) is 16.0. The van der Waals surface area contributed by atoms with Gasteiger partial charge in [-0.3, -0.25) is 4.79 Å². The van der Waals surface area contributed by atoms with Crippen molar-refractivity contribution < 1.29 is 9.53 Å². The number of nitrogens with one attached hydrogen (secondary N) is 1. The van der Waals surface area contributed by atoms with Gasteiger partial charge in [0.2, 0.25) is 5.91 Å².